The summed E-state index contributed by atoms with van der Waals surface area (Å²) >= 11 is 1.24. The lowest BCUT2D eigenvalue weighted by molar-refractivity contribution is -0.402. The molecule has 8 nitrogen and oxygen atoms in total. The molecule has 134 valence electrons. The van der Waals surface area contributed by atoms with Crippen LogP contribution in [0.15, 0.2) is 46.2 Å². The molecular formula is C17H15N3O5S. The SMILES string of the molecule is CC(C)Oc1cccc(-c2csc(NC(=O)c3ccc([N+](=O)[O-])o3)n2)c1. The minimum atomic E-state index is -0.704. The number of ether oxygens (including phenoxy) is 1. The van der Waals surface area contributed by atoms with Gasteiger partial charge in [-0.15, -0.1) is 11.3 Å². The molecule has 0 saturated carbocycles. The standard InChI is InChI=1S/C17H15N3O5S/c1-10(2)24-12-5-3-4-11(8-12)13-9-26-17(18-13)19-16(21)14-6-7-15(25-14)20(22)23/h3-10H,1-2H3,(H,18,19,21). The number of rotatable bonds is 6. The van der Waals surface area contributed by atoms with E-state index in [4.69, 9.17) is 9.15 Å². The van der Waals surface area contributed by atoms with Crippen molar-refractivity contribution in [2.45, 2.75) is 20.0 Å². The van der Waals surface area contributed by atoms with Gasteiger partial charge in [0.15, 0.2) is 10.9 Å². The Labute approximate surface area is 152 Å². The summed E-state index contributed by atoms with van der Waals surface area (Å²) in [5, 5.41) is 15.3. The van der Waals surface area contributed by atoms with E-state index in [1.54, 1.807) is 5.38 Å². The number of amides is 1. The lowest BCUT2D eigenvalue weighted by atomic mass is 10.1. The number of carbonyl (C=O) groups excluding carboxylic acids is 1. The quantitative estimate of drug-likeness (QED) is 0.508. The normalized spacial score (nSPS) is 10.7. The predicted molar refractivity (Wildman–Crippen MR) is 96.6 cm³/mol. The third kappa shape index (κ3) is 4.06. The molecule has 0 fully saturated rings. The number of nitrogens with one attached hydrogen (secondary N) is 1. The summed E-state index contributed by atoms with van der Waals surface area (Å²) in [6.45, 7) is 3.89. The molecular weight excluding hydrogens is 358 g/mol. The smallest absolute Gasteiger partial charge is 0.433 e. The molecule has 2 heterocycles. The Morgan fingerprint density at radius 3 is 2.85 bits per heavy atom. The maximum Gasteiger partial charge on any atom is 0.433 e. The molecule has 1 N–H and O–H groups in total. The van der Waals surface area contributed by atoms with Crippen LogP contribution in [0.5, 0.6) is 5.75 Å². The van der Waals surface area contributed by atoms with Gasteiger partial charge in [0.1, 0.15) is 10.7 Å². The van der Waals surface area contributed by atoms with Crippen LogP contribution in [0.25, 0.3) is 11.3 Å². The van der Waals surface area contributed by atoms with Crippen molar-refractivity contribution in [3.63, 3.8) is 0 Å². The number of thiazole rings is 1. The number of furan rings is 1. The van der Waals surface area contributed by atoms with Gasteiger partial charge in [-0.05, 0) is 32.0 Å². The van der Waals surface area contributed by atoms with Gasteiger partial charge >= 0.3 is 5.88 Å². The van der Waals surface area contributed by atoms with Crippen LogP contribution >= 0.6 is 11.3 Å². The van der Waals surface area contributed by atoms with Gasteiger partial charge in [-0.25, -0.2) is 4.98 Å². The van der Waals surface area contributed by atoms with Crippen molar-refractivity contribution in [2.75, 3.05) is 5.32 Å². The van der Waals surface area contributed by atoms with Crippen LogP contribution < -0.4 is 10.1 Å². The monoisotopic (exact) mass is 373 g/mol. The van der Waals surface area contributed by atoms with Crippen LogP contribution in [-0.4, -0.2) is 21.9 Å². The van der Waals surface area contributed by atoms with Crippen molar-refractivity contribution < 1.29 is 18.9 Å². The summed E-state index contributed by atoms with van der Waals surface area (Å²) < 4.78 is 10.5. The maximum atomic E-state index is 12.1. The fourth-order valence-electron chi connectivity index (χ4n) is 2.17. The molecule has 2 aromatic heterocycles. The zero-order valence-electron chi connectivity index (χ0n) is 14.0. The minimum Gasteiger partial charge on any atom is -0.491 e. The van der Waals surface area contributed by atoms with Gasteiger partial charge in [-0.3, -0.25) is 20.2 Å². The van der Waals surface area contributed by atoms with E-state index in [9.17, 15) is 14.9 Å². The van der Waals surface area contributed by atoms with Crippen molar-refractivity contribution in [3.8, 4) is 17.0 Å². The number of anilines is 1. The molecule has 1 aromatic carbocycles. The highest BCUT2D eigenvalue weighted by molar-refractivity contribution is 7.14. The van der Waals surface area contributed by atoms with Crippen molar-refractivity contribution in [1.82, 2.24) is 4.98 Å². The number of nitrogens with zero attached hydrogens (tertiary/aromatic N) is 2. The van der Waals surface area contributed by atoms with E-state index in [0.29, 0.717) is 10.8 Å². The molecule has 0 saturated heterocycles. The molecule has 3 rings (SSSR count). The molecule has 0 aliphatic heterocycles. The molecule has 1 amide bonds. The average Bonchev–Trinajstić information content (AvgIpc) is 3.24. The van der Waals surface area contributed by atoms with E-state index < -0.39 is 16.7 Å². The second-order valence-electron chi connectivity index (χ2n) is 5.58. The highest BCUT2D eigenvalue weighted by atomic mass is 32.1. The third-order valence-electron chi connectivity index (χ3n) is 3.22. The Bertz CT molecular complexity index is 947. The zero-order chi connectivity index (χ0) is 18.7. The van der Waals surface area contributed by atoms with Crippen molar-refractivity contribution in [3.05, 3.63) is 57.7 Å². The van der Waals surface area contributed by atoms with E-state index in [0.717, 1.165) is 17.4 Å². The van der Waals surface area contributed by atoms with Crippen LogP contribution in [0, 0.1) is 10.1 Å². The highest BCUT2D eigenvalue weighted by Gasteiger charge is 2.18. The molecule has 0 aliphatic rings. The molecule has 0 aliphatic carbocycles. The topological polar surface area (TPSA) is 108 Å². The molecule has 0 bridgehead atoms. The number of hydrogen-bond acceptors (Lipinski definition) is 7. The first kappa shape index (κ1) is 17.6. The van der Waals surface area contributed by atoms with E-state index in [1.165, 1.54) is 17.4 Å². The molecule has 26 heavy (non-hydrogen) atoms. The van der Waals surface area contributed by atoms with Crippen LogP contribution in [-0.2, 0) is 0 Å². The van der Waals surface area contributed by atoms with Gasteiger partial charge in [-0.2, -0.15) is 0 Å². The summed E-state index contributed by atoms with van der Waals surface area (Å²) in [6.07, 6.45) is 0.0629. The molecule has 0 atom stereocenters. The Hall–Kier alpha value is -3.20. The Morgan fingerprint density at radius 2 is 2.15 bits per heavy atom. The maximum absolute atomic E-state index is 12.1. The second-order valence-corrected chi connectivity index (χ2v) is 6.44. The molecule has 0 unspecified atom stereocenters. The number of benzene rings is 1. The molecule has 0 spiro atoms. The van der Waals surface area contributed by atoms with Crippen LogP contribution in [0.3, 0.4) is 0 Å². The largest absolute Gasteiger partial charge is 0.491 e. The second kappa shape index (κ2) is 7.36. The van der Waals surface area contributed by atoms with Gasteiger partial charge in [-0.1, -0.05) is 12.1 Å². The first-order valence-electron chi connectivity index (χ1n) is 7.70. The van der Waals surface area contributed by atoms with Gasteiger partial charge in [0.25, 0.3) is 5.91 Å². The number of aromatic nitrogens is 1. The Morgan fingerprint density at radius 1 is 1.35 bits per heavy atom. The summed E-state index contributed by atoms with van der Waals surface area (Å²) in [5.74, 6) is -0.507. The van der Waals surface area contributed by atoms with E-state index in [2.05, 4.69) is 10.3 Å². The van der Waals surface area contributed by atoms with E-state index in [1.807, 2.05) is 38.1 Å². The number of carbonyl (C=O) groups is 1. The fraction of sp³-hybridized carbons (Fsp3) is 0.176. The van der Waals surface area contributed by atoms with E-state index >= 15 is 0 Å². The van der Waals surface area contributed by atoms with Crippen LogP contribution in [0.2, 0.25) is 0 Å². The predicted octanol–water partition coefficient (Wildman–Crippen LogP) is 4.35. The lowest BCUT2D eigenvalue weighted by Gasteiger charge is -2.10. The first-order chi connectivity index (χ1) is 12.4. The summed E-state index contributed by atoms with van der Waals surface area (Å²) in [7, 11) is 0. The van der Waals surface area contributed by atoms with Crippen molar-refractivity contribution in [1.29, 1.82) is 0 Å². The average molecular weight is 373 g/mol. The summed E-state index contributed by atoms with van der Waals surface area (Å²) in [5.41, 5.74) is 1.54. The van der Waals surface area contributed by atoms with Gasteiger partial charge in [0, 0.05) is 10.9 Å². The Kier molecular flexibility index (Phi) is 4.99. The van der Waals surface area contributed by atoms with E-state index in [-0.39, 0.29) is 11.9 Å². The zero-order valence-corrected chi connectivity index (χ0v) is 14.8. The lowest BCUT2D eigenvalue weighted by Crippen LogP contribution is -2.10. The minimum absolute atomic E-state index is 0.0629. The molecule has 3 aromatic rings. The fourth-order valence-corrected chi connectivity index (χ4v) is 2.89. The van der Waals surface area contributed by atoms with Crippen LogP contribution in [0.1, 0.15) is 24.4 Å². The van der Waals surface area contributed by atoms with Crippen LogP contribution in [0.4, 0.5) is 11.0 Å². The number of hydrogen-bond donors (Lipinski definition) is 1. The third-order valence-corrected chi connectivity index (χ3v) is 3.98. The highest BCUT2D eigenvalue weighted by Crippen LogP contribution is 2.28. The molecule has 0 radical (unpaired) electrons. The van der Waals surface area contributed by atoms with Gasteiger partial charge < -0.3 is 9.15 Å². The van der Waals surface area contributed by atoms with Gasteiger partial charge in [0.05, 0.1) is 17.9 Å². The van der Waals surface area contributed by atoms with Gasteiger partial charge in [0.2, 0.25) is 0 Å². The first-order valence-corrected chi connectivity index (χ1v) is 8.58. The number of nitro groups is 1. The molecule has 9 heteroatoms. The summed E-state index contributed by atoms with van der Waals surface area (Å²) in [6, 6.07) is 9.87. The van der Waals surface area contributed by atoms with Crippen molar-refractivity contribution in [2.24, 2.45) is 0 Å². The summed E-state index contributed by atoms with van der Waals surface area (Å²) in [4.78, 5) is 26.4. The van der Waals surface area contributed by atoms with Crippen molar-refractivity contribution >= 4 is 28.3 Å². The Balaban J connectivity index is 1.73.